The van der Waals surface area contributed by atoms with Gasteiger partial charge in [-0.1, -0.05) is 98.6 Å². The van der Waals surface area contributed by atoms with Gasteiger partial charge in [0.1, 0.15) is 6.10 Å². The fourth-order valence-corrected chi connectivity index (χ4v) is 3.52. The number of unbranched alkanes of at least 4 members (excludes halogenated alkanes) is 2. The first-order valence-electron chi connectivity index (χ1n) is 10.1. The van der Waals surface area contributed by atoms with E-state index in [9.17, 15) is 14.7 Å². The van der Waals surface area contributed by atoms with E-state index < -0.39 is 11.9 Å². The van der Waals surface area contributed by atoms with Gasteiger partial charge in [-0.3, -0.25) is 9.59 Å². The van der Waals surface area contributed by atoms with Gasteiger partial charge in [-0.05, 0) is 24.0 Å². The number of benzene rings is 3. The van der Waals surface area contributed by atoms with Crippen LogP contribution in [0.15, 0.2) is 78.9 Å². The molecule has 0 fully saturated rings. The van der Waals surface area contributed by atoms with E-state index in [1.54, 1.807) is 48.5 Å². The number of rotatable bonds is 9. The summed E-state index contributed by atoms with van der Waals surface area (Å²) in [6.07, 6.45) is 2.51. The molecule has 1 unspecified atom stereocenters. The molecule has 0 aliphatic carbocycles. The molecule has 0 aromatic heterocycles. The second-order valence-corrected chi connectivity index (χ2v) is 7.17. The van der Waals surface area contributed by atoms with Crippen LogP contribution in [0.1, 0.15) is 69.7 Å². The van der Waals surface area contributed by atoms with Crippen LogP contribution in [0.2, 0.25) is 0 Å². The Morgan fingerprint density at radius 2 is 1.48 bits per heavy atom. The minimum absolute atomic E-state index is 0.179. The maximum absolute atomic E-state index is 13.4. The number of carbonyl (C=O) groups is 2. The predicted octanol–water partition coefficient (Wildman–Crippen LogP) is 5.57. The number of ketones is 2. The molecular weight excluding hydrogens is 360 g/mol. The average Bonchev–Trinajstić information content (AvgIpc) is 2.79. The summed E-state index contributed by atoms with van der Waals surface area (Å²) in [5, 5.41) is 10.7. The summed E-state index contributed by atoms with van der Waals surface area (Å²) in [5.74, 6) is -0.630. The molecule has 0 aliphatic rings. The molecule has 0 amide bonds. The second kappa shape index (κ2) is 9.94. The number of aliphatic hydroxyl groups excluding tert-OH is 1. The van der Waals surface area contributed by atoms with Crippen molar-refractivity contribution >= 4 is 11.6 Å². The third-order valence-electron chi connectivity index (χ3n) is 5.09. The highest BCUT2D eigenvalue weighted by atomic mass is 16.3. The van der Waals surface area contributed by atoms with Crippen LogP contribution in [0.4, 0.5) is 0 Å². The summed E-state index contributed by atoms with van der Waals surface area (Å²) in [5.41, 5.74) is 2.61. The molecule has 0 saturated heterocycles. The van der Waals surface area contributed by atoms with Crippen molar-refractivity contribution in [2.24, 2.45) is 0 Å². The van der Waals surface area contributed by atoms with Crippen molar-refractivity contribution in [1.29, 1.82) is 0 Å². The van der Waals surface area contributed by atoms with Crippen LogP contribution in [0.3, 0.4) is 0 Å². The van der Waals surface area contributed by atoms with Gasteiger partial charge in [0.2, 0.25) is 0 Å². The van der Waals surface area contributed by atoms with Gasteiger partial charge in [-0.15, -0.1) is 0 Å². The Morgan fingerprint density at radius 1 is 0.828 bits per heavy atom. The molecule has 1 N–H and O–H groups in total. The maximum Gasteiger partial charge on any atom is 0.196 e. The molecule has 0 radical (unpaired) electrons. The van der Waals surface area contributed by atoms with Gasteiger partial charge in [-0.25, -0.2) is 0 Å². The van der Waals surface area contributed by atoms with Crippen molar-refractivity contribution in [1.82, 2.24) is 0 Å². The standard InChI is InChI=1S/C26H26O3/c1-2-3-6-12-19-17-11-18-22(23(19)24(27)20-13-7-4-8-14-20)26(29)25(28)21-15-9-5-10-16-21/h4-5,7-11,13-18,25,28H,2-3,6,12H2,1H3. The molecule has 3 nitrogen and oxygen atoms in total. The first kappa shape index (κ1) is 20.7. The van der Waals surface area contributed by atoms with Crippen molar-refractivity contribution in [3.05, 3.63) is 107 Å². The van der Waals surface area contributed by atoms with Crippen molar-refractivity contribution in [2.45, 2.75) is 38.7 Å². The molecule has 3 aromatic rings. The fourth-order valence-electron chi connectivity index (χ4n) is 3.52. The first-order chi connectivity index (χ1) is 14.1. The number of aliphatic hydroxyl groups is 1. The molecule has 1 atom stereocenters. The van der Waals surface area contributed by atoms with Crippen molar-refractivity contribution in [2.75, 3.05) is 0 Å². The Bertz CT molecular complexity index is 962. The smallest absolute Gasteiger partial charge is 0.196 e. The van der Waals surface area contributed by atoms with E-state index in [0.29, 0.717) is 16.7 Å². The molecule has 148 valence electrons. The summed E-state index contributed by atoms with van der Waals surface area (Å²) >= 11 is 0. The second-order valence-electron chi connectivity index (χ2n) is 7.17. The number of hydrogen-bond donors (Lipinski definition) is 1. The van der Waals surface area contributed by atoms with Gasteiger partial charge < -0.3 is 5.11 Å². The van der Waals surface area contributed by atoms with Crippen LogP contribution >= 0.6 is 0 Å². The van der Waals surface area contributed by atoms with Crippen LogP contribution in [0.5, 0.6) is 0 Å². The predicted molar refractivity (Wildman–Crippen MR) is 115 cm³/mol. The Kier molecular flexibility index (Phi) is 7.09. The lowest BCUT2D eigenvalue weighted by Crippen LogP contribution is -2.18. The molecule has 0 saturated carbocycles. The molecule has 29 heavy (non-hydrogen) atoms. The van der Waals surface area contributed by atoms with Gasteiger partial charge in [0.15, 0.2) is 11.6 Å². The van der Waals surface area contributed by atoms with Crippen molar-refractivity contribution in [3.63, 3.8) is 0 Å². The van der Waals surface area contributed by atoms with Crippen LogP contribution in [-0.2, 0) is 6.42 Å². The number of hydrogen-bond acceptors (Lipinski definition) is 3. The van der Waals surface area contributed by atoms with E-state index in [-0.39, 0.29) is 11.3 Å². The largest absolute Gasteiger partial charge is 0.380 e. The third kappa shape index (κ3) is 4.87. The van der Waals surface area contributed by atoms with Gasteiger partial charge in [-0.2, -0.15) is 0 Å². The number of carbonyl (C=O) groups excluding carboxylic acids is 2. The van der Waals surface area contributed by atoms with Crippen LogP contribution in [0, 0.1) is 0 Å². The molecule has 0 heterocycles. The topological polar surface area (TPSA) is 54.4 Å². The zero-order chi connectivity index (χ0) is 20.6. The SMILES string of the molecule is CCCCCc1cccc(C(=O)C(O)c2ccccc2)c1C(=O)c1ccccc1. The summed E-state index contributed by atoms with van der Waals surface area (Å²) in [7, 11) is 0. The Morgan fingerprint density at radius 3 is 2.14 bits per heavy atom. The Hall–Kier alpha value is -3.04. The molecule has 0 aliphatic heterocycles. The van der Waals surface area contributed by atoms with Crippen LogP contribution in [0.25, 0.3) is 0 Å². The van der Waals surface area contributed by atoms with Gasteiger partial charge in [0, 0.05) is 16.7 Å². The van der Waals surface area contributed by atoms with Crippen LogP contribution in [-0.4, -0.2) is 16.7 Å². The van der Waals surface area contributed by atoms with Gasteiger partial charge >= 0.3 is 0 Å². The van der Waals surface area contributed by atoms with Crippen molar-refractivity contribution < 1.29 is 14.7 Å². The lowest BCUT2D eigenvalue weighted by atomic mass is 9.87. The Labute approximate surface area is 172 Å². The van der Waals surface area contributed by atoms with E-state index in [2.05, 4.69) is 6.92 Å². The van der Waals surface area contributed by atoms with Gasteiger partial charge in [0.25, 0.3) is 0 Å². The van der Waals surface area contributed by atoms with Crippen molar-refractivity contribution in [3.8, 4) is 0 Å². The van der Waals surface area contributed by atoms with E-state index >= 15 is 0 Å². The zero-order valence-electron chi connectivity index (χ0n) is 16.7. The highest BCUT2D eigenvalue weighted by Gasteiger charge is 2.26. The lowest BCUT2D eigenvalue weighted by molar-refractivity contribution is 0.0744. The molecule has 0 bridgehead atoms. The number of Topliss-reactive ketones (excluding diaryl/α,β-unsaturated/α-hetero) is 1. The molecule has 3 heteroatoms. The monoisotopic (exact) mass is 386 g/mol. The lowest BCUT2D eigenvalue weighted by Gasteiger charge is -2.16. The van der Waals surface area contributed by atoms with Gasteiger partial charge in [0.05, 0.1) is 0 Å². The highest BCUT2D eigenvalue weighted by molar-refractivity contribution is 6.17. The molecule has 3 aromatic carbocycles. The number of aryl methyl sites for hydroxylation is 1. The van der Waals surface area contributed by atoms with E-state index in [4.69, 9.17) is 0 Å². The highest BCUT2D eigenvalue weighted by Crippen LogP contribution is 2.26. The van der Waals surface area contributed by atoms with Crippen LogP contribution < -0.4 is 0 Å². The first-order valence-corrected chi connectivity index (χ1v) is 10.1. The molecule has 3 rings (SSSR count). The fraction of sp³-hybridized carbons (Fsp3) is 0.231. The maximum atomic E-state index is 13.4. The average molecular weight is 386 g/mol. The summed E-state index contributed by atoms with van der Waals surface area (Å²) in [4.78, 5) is 26.5. The zero-order valence-corrected chi connectivity index (χ0v) is 16.7. The summed E-state index contributed by atoms with van der Waals surface area (Å²) in [6, 6.07) is 23.2. The van der Waals surface area contributed by atoms with E-state index in [1.165, 1.54) is 0 Å². The van der Waals surface area contributed by atoms with E-state index in [1.807, 2.05) is 30.3 Å². The third-order valence-corrected chi connectivity index (χ3v) is 5.09. The quantitative estimate of drug-likeness (QED) is 0.386. The minimum Gasteiger partial charge on any atom is -0.380 e. The molecule has 0 spiro atoms. The molecular formula is C26H26O3. The summed E-state index contributed by atoms with van der Waals surface area (Å²) < 4.78 is 0. The summed E-state index contributed by atoms with van der Waals surface area (Å²) in [6.45, 7) is 2.13. The van der Waals surface area contributed by atoms with E-state index in [0.717, 1.165) is 31.2 Å². The normalized spacial score (nSPS) is 11.8. The Balaban J connectivity index is 2.05. The minimum atomic E-state index is -1.30.